The predicted octanol–water partition coefficient (Wildman–Crippen LogP) is 0.217. The first-order valence-electron chi connectivity index (χ1n) is 8.46. The van der Waals surface area contributed by atoms with Gasteiger partial charge >= 0.3 is 17.8 Å². The van der Waals surface area contributed by atoms with Crippen molar-refractivity contribution in [3.05, 3.63) is 23.9 Å². The van der Waals surface area contributed by atoms with Crippen LogP contribution in [-0.2, 0) is 9.59 Å². The van der Waals surface area contributed by atoms with Gasteiger partial charge in [0.25, 0.3) is 0 Å². The van der Waals surface area contributed by atoms with Crippen molar-refractivity contribution in [2.45, 2.75) is 19.4 Å². The maximum atomic E-state index is 12.6. The largest absolute Gasteiger partial charge is 0.472 e. The molecule has 0 bridgehead atoms. The van der Waals surface area contributed by atoms with Gasteiger partial charge in [-0.3, -0.25) is 14.5 Å². The van der Waals surface area contributed by atoms with Gasteiger partial charge in [-0.05, 0) is 13.0 Å². The van der Waals surface area contributed by atoms with Crippen LogP contribution in [0.2, 0.25) is 0 Å². The number of hydrogen-bond acceptors (Lipinski definition) is 6. The molecule has 0 spiro atoms. The summed E-state index contributed by atoms with van der Waals surface area (Å²) >= 11 is 0. The molecule has 0 aliphatic carbocycles. The smallest absolute Gasteiger partial charge is 0.327 e. The number of ether oxygens (including phenoxy) is 1. The molecule has 0 N–H and O–H groups in total. The number of hydrogen-bond donors (Lipinski definition) is 0. The van der Waals surface area contributed by atoms with Gasteiger partial charge < -0.3 is 14.5 Å². The zero-order valence-electron chi connectivity index (χ0n) is 14.4. The third-order valence-corrected chi connectivity index (χ3v) is 4.49. The molecule has 1 atom stereocenters. The molecule has 1 aromatic heterocycles. The lowest BCUT2D eigenvalue weighted by Crippen LogP contribution is -2.58. The molecule has 1 unspecified atom stereocenters. The molecule has 0 saturated carbocycles. The number of likely N-dealkylation sites (N-methyl/N-ethyl adjacent to an activating group) is 1. The Morgan fingerprint density at radius 2 is 2.15 bits per heavy atom. The van der Waals surface area contributed by atoms with E-state index in [1.54, 1.807) is 13.0 Å². The molecular formula is C17H19N5O4. The van der Waals surface area contributed by atoms with Crippen LogP contribution in [0.1, 0.15) is 18.9 Å². The van der Waals surface area contributed by atoms with Crippen LogP contribution in [-0.4, -0.2) is 76.4 Å². The zero-order chi connectivity index (χ0) is 18.7. The molecule has 3 rings (SSSR count). The van der Waals surface area contributed by atoms with Crippen LogP contribution >= 0.6 is 0 Å². The standard InChI is InChI=1S/C17H19N5O4/c1-2-20-7-8-22(16(24)15(20)23)17(25)21-6-4-13(11-21)26-14-9-12(10-18)3-5-19-14/h3,5,9,13H,2,4,6-8,11H2,1H3. The van der Waals surface area contributed by atoms with Crippen LogP contribution < -0.4 is 4.74 Å². The highest BCUT2D eigenvalue weighted by atomic mass is 16.5. The Balaban J connectivity index is 1.60. The molecule has 3 heterocycles. The second-order valence-corrected chi connectivity index (χ2v) is 6.09. The molecule has 1 aromatic rings. The lowest BCUT2D eigenvalue weighted by Gasteiger charge is -2.33. The average Bonchev–Trinajstić information content (AvgIpc) is 3.12. The summed E-state index contributed by atoms with van der Waals surface area (Å²) in [4.78, 5) is 44.7. The normalized spacial score (nSPS) is 20.3. The second kappa shape index (κ2) is 7.39. The fourth-order valence-corrected chi connectivity index (χ4v) is 3.04. The predicted molar refractivity (Wildman–Crippen MR) is 88.9 cm³/mol. The van der Waals surface area contributed by atoms with Crippen molar-refractivity contribution in [2.75, 3.05) is 32.7 Å². The van der Waals surface area contributed by atoms with Crippen LogP contribution in [0.3, 0.4) is 0 Å². The number of imide groups is 1. The molecule has 2 aliphatic rings. The number of likely N-dealkylation sites (tertiary alicyclic amines) is 1. The molecular weight excluding hydrogens is 338 g/mol. The lowest BCUT2D eigenvalue weighted by molar-refractivity contribution is -0.153. The van der Waals surface area contributed by atoms with E-state index in [9.17, 15) is 14.4 Å². The monoisotopic (exact) mass is 357 g/mol. The second-order valence-electron chi connectivity index (χ2n) is 6.09. The molecule has 9 nitrogen and oxygen atoms in total. The number of piperazine rings is 1. The van der Waals surface area contributed by atoms with E-state index in [0.29, 0.717) is 44.0 Å². The van der Waals surface area contributed by atoms with Gasteiger partial charge in [-0.25, -0.2) is 9.78 Å². The van der Waals surface area contributed by atoms with Crippen molar-refractivity contribution in [3.63, 3.8) is 0 Å². The topological polar surface area (TPSA) is 107 Å². The van der Waals surface area contributed by atoms with Gasteiger partial charge in [-0.1, -0.05) is 0 Å². The van der Waals surface area contributed by atoms with Crippen LogP contribution in [0.25, 0.3) is 0 Å². The maximum Gasteiger partial charge on any atom is 0.327 e. The van der Waals surface area contributed by atoms with Gasteiger partial charge in [0.1, 0.15) is 6.10 Å². The van der Waals surface area contributed by atoms with E-state index in [-0.39, 0.29) is 12.6 Å². The fourth-order valence-electron chi connectivity index (χ4n) is 3.04. The lowest BCUT2D eigenvalue weighted by atomic mass is 10.3. The van der Waals surface area contributed by atoms with Crippen molar-refractivity contribution in [1.29, 1.82) is 5.26 Å². The molecule has 136 valence electrons. The summed E-state index contributed by atoms with van der Waals surface area (Å²) in [5.74, 6) is -1.10. The SMILES string of the molecule is CCN1CCN(C(=O)N2CCC(Oc3cc(C#N)ccn3)C2)C(=O)C1=O. The van der Waals surface area contributed by atoms with Crippen LogP contribution in [0.15, 0.2) is 18.3 Å². The molecule has 2 fully saturated rings. The van der Waals surface area contributed by atoms with E-state index in [0.717, 1.165) is 4.90 Å². The number of aromatic nitrogens is 1. The number of urea groups is 1. The molecule has 2 aliphatic heterocycles. The van der Waals surface area contributed by atoms with E-state index in [1.165, 1.54) is 22.1 Å². The maximum absolute atomic E-state index is 12.6. The van der Waals surface area contributed by atoms with E-state index in [2.05, 4.69) is 4.98 Å². The summed E-state index contributed by atoms with van der Waals surface area (Å²) in [7, 11) is 0. The van der Waals surface area contributed by atoms with Gasteiger partial charge in [-0.2, -0.15) is 5.26 Å². The summed E-state index contributed by atoms with van der Waals surface area (Å²) < 4.78 is 5.73. The molecule has 9 heteroatoms. The van der Waals surface area contributed by atoms with E-state index < -0.39 is 17.8 Å². The third-order valence-electron chi connectivity index (χ3n) is 4.49. The number of amides is 4. The Kier molecular flexibility index (Phi) is 5.02. The Hall–Kier alpha value is -3.15. The van der Waals surface area contributed by atoms with Crippen molar-refractivity contribution >= 4 is 17.8 Å². The first-order chi connectivity index (χ1) is 12.5. The number of rotatable bonds is 3. The summed E-state index contributed by atoms with van der Waals surface area (Å²) in [6, 6.07) is 4.66. The quantitative estimate of drug-likeness (QED) is 0.716. The first-order valence-corrected chi connectivity index (χ1v) is 8.46. The highest BCUT2D eigenvalue weighted by molar-refractivity contribution is 6.38. The van der Waals surface area contributed by atoms with Crippen LogP contribution in [0.5, 0.6) is 5.88 Å². The first kappa shape index (κ1) is 17.7. The minimum atomic E-state index is -0.782. The van der Waals surface area contributed by atoms with Crippen molar-refractivity contribution in [1.82, 2.24) is 19.7 Å². The highest BCUT2D eigenvalue weighted by Crippen LogP contribution is 2.19. The molecule has 0 radical (unpaired) electrons. The van der Waals surface area contributed by atoms with Gasteiger partial charge in [0.2, 0.25) is 5.88 Å². The fraction of sp³-hybridized carbons (Fsp3) is 0.471. The summed E-state index contributed by atoms with van der Waals surface area (Å²) in [6.07, 6.45) is 1.80. The Morgan fingerprint density at radius 3 is 2.88 bits per heavy atom. The summed E-state index contributed by atoms with van der Waals surface area (Å²) in [6.45, 7) is 3.52. The van der Waals surface area contributed by atoms with Gasteiger partial charge in [0, 0.05) is 44.9 Å². The Labute approximate surface area is 150 Å². The molecule has 26 heavy (non-hydrogen) atoms. The van der Waals surface area contributed by atoms with Gasteiger partial charge in [0.15, 0.2) is 0 Å². The highest BCUT2D eigenvalue weighted by Gasteiger charge is 2.39. The number of nitrogens with zero attached hydrogens (tertiary/aromatic N) is 5. The van der Waals surface area contributed by atoms with Gasteiger partial charge in [-0.15, -0.1) is 0 Å². The van der Waals surface area contributed by atoms with Gasteiger partial charge in [0.05, 0.1) is 18.2 Å². The summed E-state index contributed by atoms with van der Waals surface area (Å²) in [5, 5.41) is 8.91. The average molecular weight is 357 g/mol. The molecule has 2 saturated heterocycles. The number of carbonyl (C=O) groups excluding carboxylic acids is 3. The van der Waals surface area contributed by atoms with Crippen molar-refractivity contribution in [2.24, 2.45) is 0 Å². The number of pyridine rings is 1. The summed E-state index contributed by atoms with van der Waals surface area (Å²) in [5.41, 5.74) is 0.443. The molecule has 4 amide bonds. The zero-order valence-corrected chi connectivity index (χ0v) is 14.4. The minimum Gasteiger partial charge on any atom is -0.472 e. The van der Waals surface area contributed by atoms with Crippen LogP contribution in [0.4, 0.5) is 4.79 Å². The number of nitriles is 1. The van der Waals surface area contributed by atoms with E-state index in [4.69, 9.17) is 10.00 Å². The van der Waals surface area contributed by atoms with Crippen molar-refractivity contribution < 1.29 is 19.1 Å². The minimum absolute atomic E-state index is 0.199. The van der Waals surface area contributed by atoms with Crippen LogP contribution in [0, 0.1) is 11.3 Å². The van der Waals surface area contributed by atoms with E-state index in [1.807, 2.05) is 6.07 Å². The van der Waals surface area contributed by atoms with Crippen molar-refractivity contribution in [3.8, 4) is 11.9 Å². The molecule has 0 aromatic carbocycles. The Bertz CT molecular complexity index is 775. The third kappa shape index (κ3) is 3.44. The van der Waals surface area contributed by atoms with E-state index >= 15 is 0 Å². The number of carbonyl (C=O) groups is 3. The Morgan fingerprint density at radius 1 is 1.35 bits per heavy atom.